The molecule has 0 amide bonds. The molecule has 2 aromatic carbocycles. The first-order valence-electron chi connectivity index (χ1n) is 9.36. The SMILES string of the molecule is CCCCOc1ccc(C(C)(C)c2ccc(OCC(O)C(F)(F)F)cc2)cc1. The summed E-state index contributed by atoms with van der Waals surface area (Å²) >= 11 is 0. The molecule has 3 nitrogen and oxygen atoms in total. The second-order valence-corrected chi connectivity index (χ2v) is 7.24. The maximum absolute atomic E-state index is 12.3. The molecule has 0 saturated carbocycles. The van der Waals surface area contributed by atoms with E-state index >= 15 is 0 Å². The lowest BCUT2D eigenvalue weighted by atomic mass is 9.78. The third-order valence-electron chi connectivity index (χ3n) is 4.70. The lowest BCUT2D eigenvalue weighted by Gasteiger charge is -2.26. The first kappa shape index (κ1) is 22.1. The lowest BCUT2D eigenvalue weighted by Crippen LogP contribution is -2.34. The summed E-state index contributed by atoms with van der Waals surface area (Å²) in [7, 11) is 0. The highest BCUT2D eigenvalue weighted by Gasteiger charge is 2.38. The second-order valence-electron chi connectivity index (χ2n) is 7.24. The van der Waals surface area contributed by atoms with E-state index in [-0.39, 0.29) is 11.2 Å². The van der Waals surface area contributed by atoms with Crippen molar-refractivity contribution in [1.29, 1.82) is 0 Å². The molecule has 28 heavy (non-hydrogen) atoms. The number of rotatable bonds is 9. The molecule has 0 fully saturated rings. The predicted molar refractivity (Wildman–Crippen MR) is 103 cm³/mol. The zero-order chi connectivity index (χ0) is 20.8. The van der Waals surface area contributed by atoms with Crippen LogP contribution in [0.1, 0.15) is 44.7 Å². The summed E-state index contributed by atoms with van der Waals surface area (Å²) in [5, 5.41) is 9.01. The Morgan fingerprint density at radius 1 is 0.857 bits per heavy atom. The number of alkyl halides is 3. The fourth-order valence-corrected chi connectivity index (χ4v) is 2.71. The number of aliphatic hydroxyl groups is 1. The largest absolute Gasteiger partial charge is 0.494 e. The molecule has 0 spiro atoms. The van der Waals surface area contributed by atoms with E-state index in [1.54, 1.807) is 12.1 Å². The van der Waals surface area contributed by atoms with Crippen LogP contribution < -0.4 is 9.47 Å². The second kappa shape index (κ2) is 9.32. The van der Waals surface area contributed by atoms with Crippen LogP contribution in [-0.4, -0.2) is 30.6 Å². The van der Waals surface area contributed by atoms with E-state index in [1.165, 1.54) is 0 Å². The Balaban J connectivity index is 2.03. The van der Waals surface area contributed by atoms with Crippen molar-refractivity contribution in [3.63, 3.8) is 0 Å². The molecular weight excluding hydrogens is 369 g/mol. The molecule has 0 aliphatic rings. The zero-order valence-electron chi connectivity index (χ0n) is 16.4. The fourth-order valence-electron chi connectivity index (χ4n) is 2.71. The number of benzene rings is 2. The number of hydrogen-bond donors (Lipinski definition) is 1. The maximum Gasteiger partial charge on any atom is 0.417 e. The van der Waals surface area contributed by atoms with Gasteiger partial charge in [-0.2, -0.15) is 13.2 Å². The third-order valence-corrected chi connectivity index (χ3v) is 4.70. The number of aliphatic hydroxyl groups excluding tert-OH is 1. The zero-order valence-corrected chi connectivity index (χ0v) is 16.4. The average Bonchev–Trinajstić information content (AvgIpc) is 2.66. The van der Waals surface area contributed by atoms with Crippen LogP contribution in [0.2, 0.25) is 0 Å². The van der Waals surface area contributed by atoms with Crippen LogP contribution in [0.3, 0.4) is 0 Å². The summed E-state index contributed by atoms with van der Waals surface area (Å²) in [4.78, 5) is 0. The number of hydrogen-bond acceptors (Lipinski definition) is 3. The summed E-state index contributed by atoms with van der Waals surface area (Å²) in [6.07, 6.45) is -5.09. The van der Waals surface area contributed by atoms with Gasteiger partial charge in [-0.1, -0.05) is 51.5 Å². The molecule has 0 aliphatic carbocycles. The van der Waals surface area contributed by atoms with E-state index in [1.807, 2.05) is 36.4 Å². The van der Waals surface area contributed by atoms with Gasteiger partial charge in [0.15, 0.2) is 6.10 Å². The van der Waals surface area contributed by atoms with Crippen LogP contribution in [0.25, 0.3) is 0 Å². The summed E-state index contributed by atoms with van der Waals surface area (Å²) in [5.74, 6) is 1.11. The van der Waals surface area contributed by atoms with Crippen LogP contribution in [0.5, 0.6) is 11.5 Å². The average molecular weight is 396 g/mol. The fraction of sp³-hybridized carbons (Fsp3) is 0.455. The number of halogens is 3. The smallest absolute Gasteiger partial charge is 0.417 e. The van der Waals surface area contributed by atoms with Crippen molar-refractivity contribution in [2.45, 2.75) is 51.3 Å². The molecular formula is C22H27F3O3. The standard InChI is InChI=1S/C22H27F3O3/c1-4-5-14-27-18-10-6-16(7-11-18)21(2,3)17-8-12-19(13-9-17)28-15-20(26)22(23,24)25/h6-13,20,26H,4-5,14-15H2,1-3H3. The molecule has 0 bridgehead atoms. The van der Waals surface area contributed by atoms with Crippen molar-refractivity contribution in [2.75, 3.05) is 13.2 Å². The van der Waals surface area contributed by atoms with Gasteiger partial charge in [0.1, 0.15) is 18.1 Å². The van der Waals surface area contributed by atoms with Gasteiger partial charge in [-0.3, -0.25) is 0 Å². The number of unbranched alkanes of at least 4 members (excludes halogenated alkanes) is 1. The van der Waals surface area contributed by atoms with Crippen molar-refractivity contribution >= 4 is 0 Å². The summed E-state index contributed by atoms with van der Waals surface area (Å²) in [5.41, 5.74) is 1.79. The Bertz CT molecular complexity index is 722. The molecule has 0 aromatic heterocycles. The Hall–Kier alpha value is -2.21. The van der Waals surface area contributed by atoms with Gasteiger partial charge in [0.2, 0.25) is 0 Å². The molecule has 1 unspecified atom stereocenters. The quantitative estimate of drug-likeness (QED) is 0.570. The molecule has 1 atom stereocenters. The van der Waals surface area contributed by atoms with E-state index in [0.29, 0.717) is 6.61 Å². The minimum absolute atomic E-state index is 0.280. The Morgan fingerprint density at radius 2 is 1.32 bits per heavy atom. The molecule has 0 aliphatic heterocycles. The third kappa shape index (κ3) is 5.89. The molecule has 1 N–H and O–H groups in total. The highest BCUT2D eigenvalue weighted by Crippen LogP contribution is 2.33. The Labute approximate surface area is 164 Å². The topological polar surface area (TPSA) is 38.7 Å². The van der Waals surface area contributed by atoms with Gasteiger partial charge in [-0.05, 0) is 41.8 Å². The van der Waals surface area contributed by atoms with Crippen LogP contribution in [0.4, 0.5) is 13.2 Å². The van der Waals surface area contributed by atoms with Crippen LogP contribution in [0, 0.1) is 0 Å². The van der Waals surface area contributed by atoms with Crippen molar-refractivity contribution in [1.82, 2.24) is 0 Å². The van der Waals surface area contributed by atoms with Crippen LogP contribution >= 0.6 is 0 Å². The highest BCUT2D eigenvalue weighted by molar-refractivity contribution is 5.41. The molecule has 2 aromatic rings. The molecule has 6 heteroatoms. The minimum atomic E-state index is -4.69. The van der Waals surface area contributed by atoms with Crippen molar-refractivity contribution in [3.8, 4) is 11.5 Å². The van der Waals surface area contributed by atoms with Crippen LogP contribution in [0.15, 0.2) is 48.5 Å². The van der Waals surface area contributed by atoms with Crippen molar-refractivity contribution in [3.05, 3.63) is 59.7 Å². The molecule has 0 saturated heterocycles. The Kier molecular flexibility index (Phi) is 7.35. The van der Waals surface area contributed by atoms with Crippen molar-refractivity contribution < 1.29 is 27.8 Å². The molecule has 0 heterocycles. The molecule has 0 radical (unpaired) electrons. The normalized spacial score (nSPS) is 13.2. The van der Waals surface area contributed by atoms with Crippen molar-refractivity contribution in [2.24, 2.45) is 0 Å². The van der Waals surface area contributed by atoms with E-state index in [9.17, 15) is 13.2 Å². The number of ether oxygens (including phenoxy) is 2. The first-order valence-corrected chi connectivity index (χ1v) is 9.36. The predicted octanol–water partition coefficient (Wildman–Crippen LogP) is 5.49. The van der Waals surface area contributed by atoms with E-state index in [4.69, 9.17) is 14.6 Å². The monoisotopic (exact) mass is 396 g/mol. The van der Waals surface area contributed by atoms with E-state index in [0.717, 1.165) is 29.7 Å². The van der Waals surface area contributed by atoms with Gasteiger partial charge in [-0.15, -0.1) is 0 Å². The summed E-state index contributed by atoms with van der Waals surface area (Å²) < 4.78 is 47.7. The van der Waals surface area contributed by atoms with E-state index in [2.05, 4.69) is 20.8 Å². The maximum atomic E-state index is 12.3. The minimum Gasteiger partial charge on any atom is -0.494 e. The van der Waals surface area contributed by atoms with Gasteiger partial charge in [-0.25, -0.2) is 0 Å². The van der Waals surface area contributed by atoms with Crippen LogP contribution in [-0.2, 0) is 5.41 Å². The Morgan fingerprint density at radius 3 is 1.75 bits per heavy atom. The van der Waals surface area contributed by atoms with Gasteiger partial charge >= 0.3 is 6.18 Å². The van der Waals surface area contributed by atoms with E-state index < -0.39 is 18.9 Å². The summed E-state index contributed by atoms with van der Waals surface area (Å²) in [6, 6.07) is 14.8. The van der Waals surface area contributed by atoms with Gasteiger partial charge in [0.05, 0.1) is 6.61 Å². The highest BCUT2D eigenvalue weighted by atomic mass is 19.4. The first-order chi connectivity index (χ1) is 13.1. The molecule has 154 valence electrons. The lowest BCUT2D eigenvalue weighted by molar-refractivity contribution is -0.210. The van der Waals surface area contributed by atoms with Gasteiger partial charge in [0.25, 0.3) is 0 Å². The molecule has 2 rings (SSSR count). The van der Waals surface area contributed by atoms with Gasteiger partial charge < -0.3 is 14.6 Å². The van der Waals surface area contributed by atoms with Gasteiger partial charge in [0, 0.05) is 5.41 Å². The summed E-state index contributed by atoms with van der Waals surface area (Å²) in [6.45, 7) is 6.13.